The lowest BCUT2D eigenvalue weighted by Gasteiger charge is -2.15. The van der Waals surface area contributed by atoms with Crippen LogP contribution in [0.3, 0.4) is 0 Å². The Labute approximate surface area is 123 Å². The molecule has 0 radical (unpaired) electrons. The lowest BCUT2D eigenvalue weighted by atomic mass is 10.2. The van der Waals surface area contributed by atoms with E-state index in [0.717, 1.165) is 19.6 Å². The predicted octanol–water partition coefficient (Wildman–Crippen LogP) is 0.585. The van der Waals surface area contributed by atoms with Gasteiger partial charge in [0.1, 0.15) is 0 Å². The fourth-order valence-electron chi connectivity index (χ4n) is 1.65. The minimum atomic E-state index is -1.82. The first-order valence-electron chi connectivity index (χ1n) is 6.71. The monoisotopic (exact) mass is 299 g/mol. The number of carboxylic acid groups (broad SMARTS) is 2. The lowest BCUT2D eigenvalue weighted by Crippen LogP contribution is -2.24. The van der Waals surface area contributed by atoms with E-state index in [4.69, 9.17) is 24.5 Å². The first-order chi connectivity index (χ1) is 9.93. The van der Waals surface area contributed by atoms with E-state index in [9.17, 15) is 4.79 Å². The maximum Gasteiger partial charge on any atom is 0.414 e. The molecule has 7 nitrogen and oxygen atoms in total. The van der Waals surface area contributed by atoms with E-state index >= 15 is 0 Å². The van der Waals surface area contributed by atoms with E-state index in [2.05, 4.69) is 16.7 Å². The van der Waals surface area contributed by atoms with Gasteiger partial charge < -0.3 is 14.9 Å². The van der Waals surface area contributed by atoms with Crippen molar-refractivity contribution in [2.45, 2.75) is 32.6 Å². The van der Waals surface area contributed by atoms with Crippen LogP contribution in [0.4, 0.5) is 0 Å². The topological polar surface area (TPSA) is 104 Å². The highest BCUT2D eigenvalue weighted by molar-refractivity contribution is 6.27. The summed E-state index contributed by atoms with van der Waals surface area (Å²) >= 11 is 0. The third-order valence-electron chi connectivity index (χ3n) is 2.66. The van der Waals surface area contributed by atoms with Gasteiger partial charge in [-0.15, -0.1) is 0 Å². The second kappa shape index (κ2) is 11.7. The summed E-state index contributed by atoms with van der Waals surface area (Å²) < 4.78 is 4.72. The number of nitrogens with zero attached hydrogens (tertiary/aromatic N) is 1. The molecule has 1 saturated heterocycles. The fourth-order valence-corrected chi connectivity index (χ4v) is 1.65. The molecule has 1 rings (SSSR count). The molecule has 21 heavy (non-hydrogen) atoms. The van der Waals surface area contributed by atoms with Gasteiger partial charge in [-0.05, 0) is 25.9 Å². The van der Waals surface area contributed by atoms with Gasteiger partial charge >= 0.3 is 17.9 Å². The van der Waals surface area contributed by atoms with Gasteiger partial charge in [0.2, 0.25) is 0 Å². The van der Waals surface area contributed by atoms with E-state index < -0.39 is 11.9 Å². The summed E-state index contributed by atoms with van der Waals surface area (Å²) in [5.41, 5.74) is 0. The van der Waals surface area contributed by atoms with Crippen LogP contribution >= 0.6 is 0 Å². The maximum atomic E-state index is 10.5. The van der Waals surface area contributed by atoms with E-state index in [-0.39, 0.29) is 12.6 Å². The Morgan fingerprint density at radius 3 is 1.95 bits per heavy atom. The van der Waals surface area contributed by atoms with Crippen LogP contribution in [0.5, 0.6) is 0 Å². The Morgan fingerprint density at radius 2 is 1.52 bits per heavy atom. The van der Waals surface area contributed by atoms with Gasteiger partial charge in [-0.2, -0.15) is 0 Å². The number of rotatable bonds is 2. The average Bonchev–Trinajstić information content (AvgIpc) is 2.67. The number of ether oxygens (including phenoxy) is 1. The van der Waals surface area contributed by atoms with Crippen LogP contribution in [0.1, 0.15) is 32.6 Å². The SMILES string of the molecule is CC(=O)OCC#CCN1CCCCCC1.O=C(O)C(=O)O. The van der Waals surface area contributed by atoms with Crippen molar-refractivity contribution in [2.75, 3.05) is 26.2 Å². The van der Waals surface area contributed by atoms with E-state index in [1.54, 1.807) is 0 Å². The molecule has 1 aliphatic heterocycles. The number of carboxylic acids is 2. The van der Waals surface area contributed by atoms with Gasteiger partial charge in [0.05, 0.1) is 6.54 Å². The predicted molar refractivity (Wildman–Crippen MR) is 74.6 cm³/mol. The second-order valence-corrected chi connectivity index (χ2v) is 4.43. The molecule has 1 fully saturated rings. The number of aliphatic carboxylic acids is 2. The van der Waals surface area contributed by atoms with E-state index in [1.807, 2.05) is 0 Å². The summed E-state index contributed by atoms with van der Waals surface area (Å²) in [6, 6.07) is 0. The molecule has 0 aromatic rings. The number of carbonyl (C=O) groups excluding carboxylic acids is 1. The first-order valence-corrected chi connectivity index (χ1v) is 6.71. The van der Waals surface area contributed by atoms with E-state index in [0.29, 0.717) is 0 Å². The van der Waals surface area contributed by atoms with E-state index in [1.165, 1.54) is 32.6 Å². The molecule has 1 aliphatic rings. The highest BCUT2D eigenvalue weighted by atomic mass is 16.5. The van der Waals surface area contributed by atoms with Gasteiger partial charge in [0.25, 0.3) is 0 Å². The zero-order valence-corrected chi connectivity index (χ0v) is 12.1. The van der Waals surface area contributed by atoms with Crippen molar-refractivity contribution in [1.29, 1.82) is 0 Å². The first kappa shape index (κ1) is 18.9. The number of likely N-dealkylation sites (tertiary alicyclic amines) is 1. The Balaban J connectivity index is 0.000000567. The number of carbonyl (C=O) groups is 3. The molecule has 0 aromatic carbocycles. The van der Waals surface area contributed by atoms with Crippen molar-refractivity contribution in [2.24, 2.45) is 0 Å². The minimum absolute atomic E-state index is 0.225. The van der Waals surface area contributed by atoms with Gasteiger partial charge in [0.15, 0.2) is 6.61 Å². The number of hydrogen-bond donors (Lipinski definition) is 2. The van der Waals surface area contributed by atoms with Crippen LogP contribution in [-0.2, 0) is 19.1 Å². The van der Waals surface area contributed by atoms with Gasteiger partial charge in [-0.25, -0.2) is 9.59 Å². The maximum absolute atomic E-state index is 10.5. The van der Waals surface area contributed by atoms with Crippen molar-refractivity contribution < 1.29 is 29.3 Å². The van der Waals surface area contributed by atoms with Crippen LogP contribution in [0.15, 0.2) is 0 Å². The molecule has 0 amide bonds. The zero-order valence-electron chi connectivity index (χ0n) is 12.1. The Kier molecular flexibility index (Phi) is 10.6. The van der Waals surface area contributed by atoms with Crippen molar-refractivity contribution in [3.8, 4) is 11.8 Å². The molecule has 1 heterocycles. The third kappa shape index (κ3) is 12.7. The summed E-state index contributed by atoms with van der Waals surface area (Å²) in [6.45, 7) is 4.74. The molecular formula is C14H21NO6. The molecule has 0 spiro atoms. The van der Waals surface area contributed by atoms with Crippen molar-refractivity contribution in [3.63, 3.8) is 0 Å². The van der Waals surface area contributed by atoms with Crippen LogP contribution < -0.4 is 0 Å². The molecule has 0 atom stereocenters. The van der Waals surface area contributed by atoms with Crippen LogP contribution in [-0.4, -0.2) is 59.3 Å². The minimum Gasteiger partial charge on any atom is -0.473 e. The number of hydrogen-bond acceptors (Lipinski definition) is 5. The summed E-state index contributed by atoms with van der Waals surface area (Å²) in [5.74, 6) is 1.97. The Hall–Kier alpha value is -2.07. The quantitative estimate of drug-likeness (QED) is 0.436. The highest BCUT2D eigenvalue weighted by Gasteiger charge is 2.06. The van der Waals surface area contributed by atoms with Gasteiger partial charge in [-0.1, -0.05) is 24.7 Å². The molecule has 7 heteroatoms. The van der Waals surface area contributed by atoms with Crippen LogP contribution in [0, 0.1) is 11.8 Å². The largest absolute Gasteiger partial charge is 0.473 e. The fraction of sp³-hybridized carbons (Fsp3) is 0.643. The summed E-state index contributed by atoms with van der Waals surface area (Å²) in [5, 5.41) is 14.8. The standard InChI is InChI=1S/C12H19NO2.C2H2O4/c1-12(14)15-11-7-6-10-13-8-4-2-3-5-9-13;3-1(4)2(5)6/h2-5,8-11H2,1H3;(H,3,4)(H,5,6). The lowest BCUT2D eigenvalue weighted by molar-refractivity contribution is -0.159. The highest BCUT2D eigenvalue weighted by Crippen LogP contribution is 2.08. The molecule has 0 saturated carbocycles. The molecule has 0 aliphatic carbocycles. The summed E-state index contributed by atoms with van der Waals surface area (Å²) in [7, 11) is 0. The molecule has 2 N–H and O–H groups in total. The Bertz CT molecular complexity index is 389. The van der Waals surface area contributed by atoms with Gasteiger partial charge in [-0.3, -0.25) is 9.69 Å². The van der Waals surface area contributed by atoms with Gasteiger partial charge in [0, 0.05) is 6.92 Å². The van der Waals surface area contributed by atoms with Crippen LogP contribution in [0.25, 0.3) is 0 Å². The molecule has 0 bridgehead atoms. The van der Waals surface area contributed by atoms with Crippen molar-refractivity contribution >= 4 is 17.9 Å². The smallest absolute Gasteiger partial charge is 0.414 e. The summed E-state index contributed by atoms with van der Waals surface area (Å²) in [4.78, 5) is 31.0. The normalized spacial score (nSPS) is 14.5. The second-order valence-electron chi connectivity index (χ2n) is 4.43. The molecule has 118 valence electrons. The van der Waals surface area contributed by atoms with Crippen molar-refractivity contribution in [1.82, 2.24) is 4.90 Å². The molecular weight excluding hydrogens is 278 g/mol. The third-order valence-corrected chi connectivity index (χ3v) is 2.66. The molecule has 0 aromatic heterocycles. The number of esters is 1. The van der Waals surface area contributed by atoms with Crippen LogP contribution in [0.2, 0.25) is 0 Å². The molecule has 0 unspecified atom stereocenters. The van der Waals surface area contributed by atoms with Crippen molar-refractivity contribution in [3.05, 3.63) is 0 Å². The summed E-state index contributed by atoms with van der Waals surface area (Å²) in [6.07, 6.45) is 5.26. The zero-order chi connectivity index (χ0) is 16.1. The average molecular weight is 299 g/mol. The Morgan fingerprint density at radius 1 is 1.00 bits per heavy atom.